The molecule has 2 rings (SSSR count). The molecule has 112 valence electrons. The molecule has 0 amide bonds. The fourth-order valence-electron chi connectivity index (χ4n) is 2.50. The van der Waals surface area contributed by atoms with Gasteiger partial charge in [0.15, 0.2) is 0 Å². The first-order valence-electron chi connectivity index (χ1n) is 7.74. The van der Waals surface area contributed by atoms with Crippen LogP contribution < -0.4 is 10.5 Å². The van der Waals surface area contributed by atoms with E-state index in [1.54, 1.807) is 6.20 Å². The van der Waals surface area contributed by atoms with Gasteiger partial charge in [0.1, 0.15) is 5.75 Å². The van der Waals surface area contributed by atoms with E-state index < -0.39 is 0 Å². The molecule has 20 heavy (non-hydrogen) atoms. The molecule has 1 aliphatic heterocycles. The van der Waals surface area contributed by atoms with E-state index in [-0.39, 0.29) is 6.04 Å². The van der Waals surface area contributed by atoms with Gasteiger partial charge in [-0.15, -0.1) is 0 Å². The Balaban J connectivity index is 1.82. The van der Waals surface area contributed by atoms with Gasteiger partial charge in [0.25, 0.3) is 0 Å². The zero-order valence-electron chi connectivity index (χ0n) is 12.4. The van der Waals surface area contributed by atoms with Gasteiger partial charge in [-0.1, -0.05) is 6.92 Å². The fraction of sp³-hybridized carbons (Fsp3) is 0.688. The summed E-state index contributed by atoms with van der Waals surface area (Å²) in [5.74, 6) is 0.814. The van der Waals surface area contributed by atoms with Crippen molar-refractivity contribution in [2.24, 2.45) is 5.73 Å². The maximum absolute atomic E-state index is 6.26. The highest BCUT2D eigenvalue weighted by molar-refractivity contribution is 5.25. The van der Waals surface area contributed by atoms with E-state index in [1.807, 2.05) is 12.3 Å². The van der Waals surface area contributed by atoms with Crippen LogP contribution in [0.5, 0.6) is 5.75 Å². The normalized spacial score (nSPS) is 20.6. The van der Waals surface area contributed by atoms with Crippen LogP contribution in [-0.2, 0) is 4.74 Å². The molecule has 1 saturated heterocycles. The van der Waals surface area contributed by atoms with Gasteiger partial charge in [0, 0.05) is 18.8 Å². The average Bonchev–Trinajstić information content (AvgIpc) is 2.52. The Labute approximate surface area is 121 Å². The van der Waals surface area contributed by atoms with Gasteiger partial charge in [-0.2, -0.15) is 0 Å². The monoisotopic (exact) mass is 278 g/mol. The molecule has 1 aromatic heterocycles. The zero-order chi connectivity index (χ0) is 14.2. The number of aromatic nitrogens is 1. The maximum Gasteiger partial charge on any atom is 0.137 e. The van der Waals surface area contributed by atoms with Gasteiger partial charge < -0.3 is 15.2 Å². The van der Waals surface area contributed by atoms with Crippen molar-refractivity contribution < 1.29 is 9.47 Å². The summed E-state index contributed by atoms with van der Waals surface area (Å²) in [4.78, 5) is 4.22. The molecule has 0 radical (unpaired) electrons. The first-order chi connectivity index (χ1) is 9.79. The third-order valence-electron chi connectivity index (χ3n) is 3.71. The van der Waals surface area contributed by atoms with Crippen molar-refractivity contribution in [1.82, 2.24) is 4.98 Å². The molecule has 2 heterocycles. The van der Waals surface area contributed by atoms with Gasteiger partial charge >= 0.3 is 0 Å². The standard InChI is InChI=1S/C16H26N2O2/c1-2-8-19-15-10-13(11-18-12-15)16(17)7-6-14-5-3-4-9-20-14/h10-12,14,16H,2-9,17H2,1H3. The van der Waals surface area contributed by atoms with Gasteiger partial charge in [-0.05, 0) is 50.2 Å². The molecule has 0 saturated carbocycles. The molecule has 1 fully saturated rings. The Morgan fingerprint density at radius 3 is 3.10 bits per heavy atom. The van der Waals surface area contributed by atoms with Crippen molar-refractivity contribution in [2.75, 3.05) is 13.2 Å². The average molecular weight is 278 g/mol. The van der Waals surface area contributed by atoms with Crippen molar-refractivity contribution in [3.8, 4) is 5.75 Å². The second-order valence-electron chi connectivity index (χ2n) is 5.47. The molecule has 1 aliphatic rings. The summed E-state index contributed by atoms with van der Waals surface area (Å²) in [6.45, 7) is 3.71. The number of ether oxygens (including phenoxy) is 2. The van der Waals surface area contributed by atoms with E-state index in [4.69, 9.17) is 15.2 Å². The van der Waals surface area contributed by atoms with E-state index in [0.29, 0.717) is 6.10 Å². The molecule has 2 unspecified atom stereocenters. The van der Waals surface area contributed by atoms with Crippen LogP contribution in [0.1, 0.15) is 57.1 Å². The van der Waals surface area contributed by atoms with E-state index in [1.165, 1.54) is 19.3 Å². The predicted octanol–water partition coefficient (Wildman–Crippen LogP) is 3.22. The summed E-state index contributed by atoms with van der Waals surface area (Å²) in [5, 5.41) is 0. The van der Waals surface area contributed by atoms with E-state index in [9.17, 15) is 0 Å². The molecular formula is C16H26N2O2. The van der Waals surface area contributed by atoms with Crippen LogP contribution in [0.2, 0.25) is 0 Å². The molecule has 0 aliphatic carbocycles. The number of nitrogens with two attached hydrogens (primary N) is 1. The van der Waals surface area contributed by atoms with Crippen LogP contribution in [0.4, 0.5) is 0 Å². The predicted molar refractivity (Wildman–Crippen MR) is 79.8 cm³/mol. The third kappa shape index (κ3) is 4.76. The first-order valence-corrected chi connectivity index (χ1v) is 7.74. The van der Waals surface area contributed by atoms with Crippen molar-refractivity contribution >= 4 is 0 Å². The molecule has 2 atom stereocenters. The van der Waals surface area contributed by atoms with E-state index >= 15 is 0 Å². The number of nitrogens with zero attached hydrogens (tertiary/aromatic N) is 1. The SMILES string of the molecule is CCCOc1cncc(C(N)CCC2CCCCO2)c1. The van der Waals surface area contributed by atoms with Crippen LogP contribution in [0.25, 0.3) is 0 Å². The lowest BCUT2D eigenvalue weighted by atomic mass is 9.99. The third-order valence-corrected chi connectivity index (χ3v) is 3.71. The molecule has 1 aromatic rings. The lowest BCUT2D eigenvalue weighted by molar-refractivity contribution is 0.00912. The largest absolute Gasteiger partial charge is 0.492 e. The molecule has 0 aromatic carbocycles. The molecule has 0 spiro atoms. The quantitative estimate of drug-likeness (QED) is 0.832. The van der Waals surface area contributed by atoms with Crippen molar-refractivity contribution in [1.29, 1.82) is 0 Å². The van der Waals surface area contributed by atoms with E-state index in [0.717, 1.165) is 43.8 Å². The fourth-order valence-corrected chi connectivity index (χ4v) is 2.50. The van der Waals surface area contributed by atoms with Crippen LogP contribution in [0.3, 0.4) is 0 Å². The topological polar surface area (TPSA) is 57.4 Å². The second kappa shape index (κ2) is 8.22. The van der Waals surface area contributed by atoms with Crippen LogP contribution in [0.15, 0.2) is 18.5 Å². The van der Waals surface area contributed by atoms with Gasteiger partial charge in [-0.3, -0.25) is 4.98 Å². The Morgan fingerprint density at radius 1 is 1.45 bits per heavy atom. The summed E-state index contributed by atoms with van der Waals surface area (Å²) in [6, 6.07) is 2.02. The number of hydrogen-bond acceptors (Lipinski definition) is 4. The molecule has 4 nitrogen and oxygen atoms in total. The lowest BCUT2D eigenvalue weighted by Gasteiger charge is -2.23. The summed E-state index contributed by atoms with van der Waals surface area (Å²) >= 11 is 0. The lowest BCUT2D eigenvalue weighted by Crippen LogP contribution is -2.21. The van der Waals surface area contributed by atoms with E-state index in [2.05, 4.69) is 11.9 Å². The van der Waals surface area contributed by atoms with Crippen LogP contribution in [-0.4, -0.2) is 24.3 Å². The van der Waals surface area contributed by atoms with Gasteiger partial charge in [0.2, 0.25) is 0 Å². The van der Waals surface area contributed by atoms with Gasteiger partial charge in [0.05, 0.1) is 18.9 Å². The second-order valence-corrected chi connectivity index (χ2v) is 5.47. The number of pyridine rings is 1. The smallest absolute Gasteiger partial charge is 0.137 e. The first kappa shape index (κ1) is 15.3. The zero-order valence-corrected chi connectivity index (χ0v) is 12.4. The van der Waals surface area contributed by atoms with Crippen LogP contribution in [0, 0.1) is 0 Å². The maximum atomic E-state index is 6.26. The highest BCUT2D eigenvalue weighted by atomic mass is 16.5. The number of rotatable bonds is 7. The van der Waals surface area contributed by atoms with Crippen molar-refractivity contribution in [2.45, 2.75) is 57.6 Å². The Kier molecular flexibility index (Phi) is 6.27. The summed E-state index contributed by atoms with van der Waals surface area (Å²) in [5.41, 5.74) is 7.31. The summed E-state index contributed by atoms with van der Waals surface area (Å²) in [6.07, 6.45) is 10.6. The molecule has 4 heteroatoms. The number of hydrogen-bond donors (Lipinski definition) is 1. The molecule has 2 N–H and O–H groups in total. The molecule has 0 bridgehead atoms. The molecular weight excluding hydrogens is 252 g/mol. The van der Waals surface area contributed by atoms with Gasteiger partial charge in [-0.25, -0.2) is 0 Å². The van der Waals surface area contributed by atoms with Crippen molar-refractivity contribution in [3.05, 3.63) is 24.0 Å². The Hall–Kier alpha value is -1.13. The van der Waals surface area contributed by atoms with Crippen LogP contribution >= 0.6 is 0 Å². The summed E-state index contributed by atoms with van der Waals surface area (Å²) < 4.78 is 11.3. The minimum absolute atomic E-state index is 0.0122. The Bertz CT molecular complexity index is 392. The minimum Gasteiger partial charge on any atom is -0.492 e. The highest BCUT2D eigenvalue weighted by Crippen LogP contribution is 2.23. The highest BCUT2D eigenvalue weighted by Gasteiger charge is 2.16. The Morgan fingerprint density at radius 2 is 2.35 bits per heavy atom. The summed E-state index contributed by atoms with van der Waals surface area (Å²) in [7, 11) is 0. The van der Waals surface area contributed by atoms with Crippen molar-refractivity contribution in [3.63, 3.8) is 0 Å². The minimum atomic E-state index is 0.0122.